The van der Waals surface area contributed by atoms with E-state index in [1.807, 2.05) is 48.6 Å². The monoisotopic (exact) mass is 402 g/mol. The number of allylic oxidation sites excluding steroid dienone is 2. The first-order chi connectivity index (χ1) is 13.9. The van der Waals surface area contributed by atoms with Gasteiger partial charge in [0.05, 0.1) is 24.2 Å². The van der Waals surface area contributed by atoms with Gasteiger partial charge < -0.3 is 20.4 Å². The third kappa shape index (κ3) is 7.77. The number of aryl methyl sites for hydroxylation is 1. The highest BCUT2D eigenvalue weighted by Crippen LogP contribution is 2.36. The lowest BCUT2D eigenvalue weighted by atomic mass is 9.89. The van der Waals surface area contributed by atoms with Gasteiger partial charge in [-0.25, -0.2) is 0 Å². The molecule has 1 aromatic rings. The molecule has 0 amide bonds. The van der Waals surface area contributed by atoms with Crippen molar-refractivity contribution in [3.63, 3.8) is 0 Å². The van der Waals surface area contributed by atoms with Gasteiger partial charge in [0, 0.05) is 12.3 Å². The molecule has 5 nitrogen and oxygen atoms in total. The molecule has 1 fully saturated rings. The zero-order chi connectivity index (χ0) is 21.2. The zero-order valence-electron chi connectivity index (χ0n) is 17.1. The molecule has 4 N–H and O–H groups in total. The number of hydrogen-bond donors (Lipinski definition) is 4. The van der Waals surface area contributed by atoms with Crippen LogP contribution in [0.2, 0.25) is 0 Å². The van der Waals surface area contributed by atoms with Gasteiger partial charge in [-0.2, -0.15) is 0 Å². The number of rotatable bonds is 11. The second-order valence-corrected chi connectivity index (χ2v) is 8.11. The summed E-state index contributed by atoms with van der Waals surface area (Å²) in [4.78, 5) is 10.8. The van der Waals surface area contributed by atoms with Crippen LogP contribution in [0.3, 0.4) is 0 Å². The van der Waals surface area contributed by atoms with E-state index in [-0.39, 0.29) is 17.8 Å². The van der Waals surface area contributed by atoms with Crippen LogP contribution in [-0.2, 0) is 11.2 Å². The highest BCUT2D eigenvalue weighted by atomic mass is 16.4. The quantitative estimate of drug-likeness (QED) is 0.426. The van der Waals surface area contributed by atoms with Crippen LogP contribution >= 0.6 is 0 Å². The SMILES string of the molecule is CC(CCC=CC[C@@H]1[C@@H](C=CC(O)CCc2ccccc2)[C@H](O)C[C@@H]1O)C(=O)O. The minimum atomic E-state index is -0.788. The fourth-order valence-corrected chi connectivity index (χ4v) is 3.86. The van der Waals surface area contributed by atoms with Gasteiger partial charge in [0.25, 0.3) is 0 Å². The topological polar surface area (TPSA) is 98.0 Å². The molecule has 0 bridgehead atoms. The summed E-state index contributed by atoms with van der Waals surface area (Å²) in [7, 11) is 0. The van der Waals surface area contributed by atoms with Crippen LogP contribution in [0, 0.1) is 17.8 Å². The third-order valence-electron chi connectivity index (χ3n) is 5.81. The smallest absolute Gasteiger partial charge is 0.306 e. The first-order valence-corrected chi connectivity index (χ1v) is 10.5. The Bertz CT molecular complexity index is 669. The maximum Gasteiger partial charge on any atom is 0.306 e. The number of aliphatic hydroxyl groups is 3. The Hall–Kier alpha value is -1.95. The van der Waals surface area contributed by atoms with Crippen molar-refractivity contribution < 1.29 is 25.2 Å². The predicted molar refractivity (Wildman–Crippen MR) is 113 cm³/mol. The lowest BCUT2D eigenvalue weighted by Gasteiger charge is -2.19. The van der Waals surface area contributed by atoms with Crippen LogP contribution in [0.4, 0.5) is 0 Å². The molecule has 160 valence electrons. The first-order valence-electron chi connectivity index (χ1n) is 10.5. The average molecular weight is 403 g/mol. The number of benzene rings is 1. The van der Waals surface area contributed by atoms with Crippen LogP contribution in [0.5, 0.6) is 0 Å². The van der Waals surface area contributed by atoms with Gasteiger partial charge in [-0.05, 0) is 43.6 Å². The zero-order valence-corrected chi connectivity index (χ0v) is 17.1. The average Bonchev–Trinajstić information content (AvgIpc) is 2.97. The molecule has 2 unspecified atom stereocenters. The maximum atomic E-state index is 10.8. The van der Waals surface area contributed by atoms with Gasteiger partial charge >= 0.3 is 5.97 Å². The Balaban J connectivity index is 1.83. The molecule has 2 rings (SSSR count). The summed E-state index contributed by atoms with van der Waals surface area (Å²) in [6.45, 7) is 1.69. The Morgan fingerprint density at radius 2 is 1.86 bits per heavy atom. The van der Waals surface area contributed by atoms with Crippen LogP contribution in [0.1, 0.15) is 44.6 Å². The number of carboxylic acids is 1. The fourth-order valence-electron chi connectivity index (χ4n) is 3.86. The lowest BCUT2D eigenvalue weighted by Crippen LogP contribution is -2.20. The summed E-state index contributed by atoms with van der Waals surface area (Å²) in [5.74, 6) is -1.45. The molecule has 6 atom stereocenters. The minimum Gasteiger partial charge on any atom is -0.481 e. The van der Waals surface area contributed by atoms with Gasteiger partial charge in [-0.3, -0.25) is 4.79 Å². The van der Waals surface area contributed by atoms with E-state index in [1.165, 1.54) is 5.56 Å². The molecule has 1 saturated carbocycles. The standard InChI is InChI=1S/C24H34O5/c1-17(24(28)29)8-4-2-7-11-20-21(23(27)16-22(20)26)15-14-19(25)13-12-18-9-5-3-6-10-18/h2-3,5-7,9-10,14-15,17,19-23,25-27H,4,8,11-13,16H2,1H3,(H,28,29)/t17?,19?,20-,21-,22+,23-/m1/s1. The number of aliphatic carboxylic acids is 1. The van der Waals surface area contributed by atoms with E-state index >= 15 is 0 Å². The number of carbonyl (C=O) groups is 1. The van der Waals surface area contributed by atoms with Crippen LogP contribution in [0.25, 0.3) is 0 Å². The van der Waals surface area contributed by atoms with Gasteiger partial charge in [0.15, 0.2) is 0 Å². The summed E-state index contributed by atoms with van der Waals surface area (Å²) in [6, 6.07) is 10.00. The number of carboxylic acid groups (broad SMARTS) is 1. The van der Waals surface area contributed by atoms with Crippen molar-refractivity contribution in [1.82, 2.24) is 0 Å². The van der Waals surface area contributed by atoms with Crippen molar-refractivity contribution in [2.45, 2.75) is 63.8 Å². The Morgan fingerprint density at radius 3 is 2.55 bits per heavy atom. The summed E-state index contributed by atoms with van der Waals surface area (Å²) in [6.07, 6.45) is 9.32. The maximum absolute atomic E-state index is 10.8. The van der Waals surface area contributed by atoms with E-state index in [9.17, 15) is 20.1 Å². The summed E-state index contributed by atoms with van der Waals surface area (Å²) >= 11 is 0. The van der Waals surface area contributed by atoms with Gasteiger partial charge in [0.1, 0.15) is 0 Å². The molecule has 5 heteroatoms. The van der Waals surface area contributed by atoms with Crippen LogP contribution in [-0.4, -0.2) is 44.7 Å². The Labute approximate surface area is 173 Å². The van der Waals surface area contributed by atoms with Crippen molar-refractivity contribution in [1.29, 1.82) is 0 Å². The predicted octanol–water partition coefficient (Wildman–Crippen LogP) is 3.34. The van der Waals surface area contributed by atoms with E-state index in [0.29, 0.717) is 32.1 Å². The van der Waals surface area contributed by atoms with E-state index in [2.05, 4.69) is 0 Å². The normalized spacial score (nSPS) is 26.9. The van der Waals surface area contributed by atoms with Gasteiger partial charge in [-0.15, -0.1) is 0 Å². The third-order valence-corrected chi connectivity index (χ3v) is 5.81. The largest absolute Gasteiger partial charge is 0.481 e. The van der Waals surface area contributed by atoms with Crippen molar-refractivity contribution >= 4 is 5.97 Å². The number of aliphatic hydroxyl groups excluding tert-OH is 3. The first kappa shape index (κ1) is 23.3. The second-order valence-electron chi connectivity index (χ2n) is 8.11. The van der Waals surface area contributed by atoms with Crippen molar-refractivity contribution in [2.75, 3.05) is 0 Å². The molecule has 0 aliphatic heterocycles. The fraction of sp³-hybridized carbons (Fsp3) is 0.542. The van der Waals surface area contributed by atoms with E-state index in [0.717, 1.165) is 6.42 Å². The van der Waals surface area contributed by atoms with Gasteiger partial charge in [0.2, 0.25) is 0 Å². The second kappa shape index (κ2) is 11.9. The minimum absolute atomic E-state index is 0.101. The number of hydrogen-bond acceptors (Lipinski definition) is 4. The molecule has 0 heterocycles. The summed E-state index contributed by atoms with van der Waals surface area (Å²) in [5.41, 5.74) is 1.18. The van der Waals surface area contributed by atoms with Gasteiger partial charge in [-0.1, -0.05) is 61.6 Å². The Kier molecular flexibility index (Phi) is 9.58. The van der Waals surface area contributed by atoms with Crippen LogP contribution in [0.15, 0.2) is 54.6 Å². The van der Waals surface area contributed by atoms with Crippen molar-refractivity contribution in [3.05, 3.63) is 60.2 Å². The highest BCUT2D eigenvalue weighted by molar-refractivity contribution is 5.69. The molecular weight excluding hydrogens is 368 g/mol. The van der Waals surface area contributed by atoms with Crippen LogP contribution < -0.4 is 0 Å². The van der Waals surface area contributed by atoms with E-state index in [4.69, 9.17) is 5.11 Å². The lowest BCUT2D eigenvalue weighted by molar-refractivity contribution is -0.141. The Morgan fingerprint density at radius 1 is 1.14 bits per heavy atom. The van der Waals surface area contributed by atoms with E-state index < -0.39 is 24.3 Å². The molecule has 29 heavy (non-hydrogen) atoms. The molecule has 0 spiro atoms. The molecule has 1 aliphatic rings. The summed E-state index contributed by atoms with van der Waals surface area (Å²) in [5, 5.41) is 39.8. The van der Waals surface area contributed by atoms with E-state index in [1.54, 1.807) is 13.0 Å². The molecular formula is C24H34O5. The molecule has 0 radical (unpaired) electrons. The van der Waals surface area contributed by atoms with Crippen molar-refractivity contribution in [2.24, 2.45) is 17.8 Å². The molecule has 1 aromatic carbocycles. The molecule has 1 aliphatic carbocycles. The molecule has 0 saturated heterocycles. The van der Waals surface area contributed by atoms with Crippen molar-refractivity contribution in [3.8, 4) is 0 Å². The highest BCUT2D eigenvalue weighted by Gasteiger charge is 2.39. The molecule has 0 aromatic heterocycles. The summed E-state index contributed by atoms with van der Waals surface area (Å²) < 4.78 is 0.